The average molecular weight is 446 g/mol. The number of benzene rings is 2. The molecule has 0 unspecified atom stereocenters. The third-order valence-corrected chi connectivity index (χ3v) is 5.21. The van der Waals surface area contributed by atoms with Gasteiger partial charge in [0.2, 0.25) is 0 Å². The Bertz CT molecular complexity index is 1290. The number of rotatable bonds is 6. The summed E-state index contributed by atoms with van der Waals surface area (Å²) in [6, 6.07) is 7.62. The molecular weight excluding hydrogens is 435 g/mol. The van der Waals surface area contributed by atoms with Crippen molar-refractivity contribution in [2.24, 2.45) is 10.2 Å². The van der Waals surface area contributed by atoms with E-state index in [9.17, 15) is 25.9 Å². The van der Waals surface area contributed by atoms with Crippen molar-refractivity contribution in [3.05, 3.63) is 68.4 Å². The second-order valence-electron chi connectivity index (χ2n) is 5.05. The van der Waals surface area contributed by atoms with Crippen LogP contribution in [0.3, 0.4) is 0 Å². The fraction of sp³-hybridized carbons (Fsp3) is 0. The van der Waals surface area contributed by atoms with Crippen molar-refractivity contribution in [1.29, 1.82) is 0 Å². The van der Waals surface area contributed by atoms with Crippen LogP contribution in [0.4, 0.5) is 11.4 Å². The molecule has 0 aliphatic carbocycles. The topological polar surface area (TPSA) is 206 Å². The molecule has 12 nitrogen and oxygen atoms in total. The zero-order valence-corrected chi connectivity index (χ0v) is 18.3. The van der Waals surface area contributed by atoms with Gasteiger partial charge in [-0.25, -0.2) is 0 Å². The standard InChI is InChI=1S/C14H10N6O6S2.Na.H/c15-19-17-11-8-7-10(14(28(24,25)26)13(11)18-20-16)6-5-9-3-1-2-4-12(9)27(21,22)23;;/h1-8H,(H,21,22,23)(H,24,25,26);;/q;+1;-1. The van der Waals surface area contributed by atoms with Crippen molar-refractivity contribution in [3.8, 4) is 0 Å². The molecule has 29 heavy (non-hydrogen) atoms. The van der Waals surface area contributed by atoms with Gasteiger partial charge in [0, 0.05) is 15.5 Å². The Kier molecular flexibility index (Phi) is 8.41. The van der Waals surface area contributed by atoms with Crippen LogP contribution in [0.5, 0.6) is 0 Å². The van der Waals surface area contributed by atoms with Crippen LogP contribution in [-0.2, 0) is 20.2 Å². The van der Waals surface area contributed by atoms with E-state index >= 15 is 0 Å². The smallest absolute Gasteiger partial charge is 1.00 e. The summed E-state index contributed by atoms with van der Waals surface area (Å²) in [4.78, 5) is 3.68. The quantitative estimate of drug-likeness (QED) is 0.167. The monoisotopic (exact) mass is 446 g/mol. The largest absolute Gasteiger partial charge is 1.00 e. The molecule has 0 fully saturated rings. The summed E-state index contributed by atoms with van der Waals surface area (Å²) in [7, 11) is -9.48. The molecule has 0 saturated heterocycles. The molecule has 0 amide bonds. The van der Waals surface area contributed by atoms with E-state index < -0.39 is 35.7 Å². The Morgan fingerprint density at radius 1 is 0.862 bits per heavy atom. The average Bonchev–Trinajstić information content (AvgIpc) is 2.60. The minimum Gasteiger partial charge on any atom is -1.00 e. The van der Waals surface area contributed by atoms with Crippen molar-refractivity contribution < 1.29 is 56.9 Å². The van der Waals surface area contributed by atoms with Gasteiger partial charge in [-0.2, -0.15) is 16.8 Å². The molecule has 15 heteroatoms. The Labute approximate surface area is 188 Å². The van der Waals surface area contributed by atoms with Crippen LogP contribution < -0.4 is 29.6 Å². The Hall–Kier alpha value is -2.38. The van der Waals surface area contributed by atoms with Gasteiger partial charge in [0.25, 0.3) is 20.2 Å². The van der Waals surface area contributed by atoms with Gasteiger partial charge in [-0.3, -0.25) is 9.11 Å². The van der Waals surface area contributed by atoms with E-state index in [1.54, 1.807) is 0 Å². The van der Waals surface area contributed by atoms with Crippen molar-refractivity contribution in [2.75, 3.05) is 0 Å². The van der Waals surface area contributed by atoms with Gasteiger partial charge in [0.1, 0.15) is 9.79 Å². The van der Waals surface area contributed by atoms with Crippen LogP contribution >= 0.6 is 0 Å². The molecule has 0 bridgehead atoms. The molecular formula is C14H11N6NaO6S2. The number of nitrogens with zero attached hydrogens (tertiary/aromatic N) is 6. The van der Waals surface area contributed by atoms with Gasteiger partial charge in [0.05, 0.1) is 5.69 Å². The molecule has 0 aliphatic heterocycles. The van der Waals surface area contributed by atoms with Gasteiger partial charge in [-0.15, -0.1) is 0 Å². The van der Waals surface area contributed by atoms with Crippen molar-refractivity contribution >= 4 is 43.8 Å². The molecule has 0 atom stereocenters. The van der Waals surface area contributed by atoms with E-state index in [0.717, 1.165) is 24.3 Å². The summed E-state index contributed by atoms with van der Waals surface area (Å²) in [5.74, 6) is 0. The summed E-state index contributed by atoms with van der Waals surface area (Å²) >= 11 is 0. The third-order valence-electron chi connectivity index (χ3n) is 3.34. The fourth-order valence-electron chi connectivity index (χ4n) is 2.28. The number of azide groups is 2. The first-order valence-electron chi connectivity index (χ1n) is 7.09. The van der Waals surface area contributed by atoms with E-state index in [4.69, 9.17) is 11.1 Å². The van der Waals surface area contributed by atoms with E-state index in [-0.39, 0.29) is 47.8 Å². The van der Waals surface area contributed by atoms with E-state index in [1.807, 2.05) is 0 Å². The van der Waals surface area contributed by atoms with Crippen molar-refractivity contribution in [3.63, 3.8) is 0 Å². The predicted octanol–water partition coefficient (Wildman–Crippen LogP) is 1.35. The molecule has 146 valence electrons. The number of hydrogen-bond acceptors (Lipinski definition) is 6. The maximum Gasteiger partial charge on any atom is 1.00 e. The van der Waals surface area contributed by atoms with Gasteiger partial charge < -0.3 is 1.43 Å². The Balaban J connectivity index is 0.00000420. The van der Waals surface area contributed by atoms with Crippen LogP contribution in [-0.4, -0.2) is 25.9 Å². The molecule has 0 heterocycles. The Morgan fingerprint density at radius 3 is 2.00 bits per heavy atom. The summed E-state index contributed by atoms with van der Waals surface area (Å²) in [6.07, 6.45) is 2.28. The summed E-state index contributed by atoms with van der Waals surface area (Å²) in [5.41, 5.74) is 16.1. The minimum atomic E-state index is -4.94. The van der Waals surface area contributed by atoms with Gasteiger partial charge in [0.15, 0.2) is 0 Å². The van der Waals surface area contributed by atoms with Crippen molar-refractivity contribution in [2.45, 2.75) is 9.79 Å². The van der Waals surface area contributed by atoms with Crippen LogP contribution in [0.25, 0.3) is 33.0 Å². The zero-order valence-electron chi connectivity index (χ0n) is 15.6. The molecule has 0 saturated carbocycles. The molecule has 2 N–H and O–H groups in total. The van der Waals surface area contributed by atoms with Crippen LogP contribution in [0.2, 0.25) is 0 Å². The van der Waals surface area contributed by atoms with Gasteiger partial charge in [-0.05, 0) is 28.3 Å². The minimum absolute atomic E-state index is 0. The predicted molar refractivity (Wildman–Crippen MR) is 100 cm³/mol. The summed E-state index contributed by atoms with van der Waals surface area (Å²) < 4.78 is 65.3. The molecule has 2 aromatic rings. The van der Waals surface area contributed by atoms with E-state index in [0.29, 0.717) is 0 Å². The number of hydrogen-bond donors (Lipinski definition) is 2. The normalized spacial score (nSPS) is 11.2. The maximum atomic E-state index is 11.8. The molecule has 2 rings (SSSR count). The Morgan fingerprint density at radius 2 is 1.45 bits per heavy atom. The maximum absolute atomic E-state index is 11.8. The van der Waals surface area contributed by atoms with E-state index in [2.05, 4.69) is 20.1 Å². The molecule has 0 spiro atoms. The summed E-state index contributed by atoms with van der Waals surface area (Å²) in [5, 5.41) is 6.38. The second kappa shape index (κ2) is 9.89. The molecule has 0 aliphatic rings. The van der Waals surface area contributed by atoms with Gasteiger partial charge >= 0.3 is 29.6 Å². The van der Waals surface area contributed by atoms with E-state index in [1.165, 1.54) is 24.3 Å². The molecule has 0 aromatic heterocycles. The first-order chi connectivity index (χ1) is 13.1. The SMILES string of the molecule is [H-].[N-]=[N+]=Nc1ccc(C=Cc2ccccc2S(=O)(=O)O)c(S(=O)(=O)O)c1N=[N+]=[N-].[Na+]. The first-order valence-corrected chi connectivity index (χ1v) is 9.97. The van der Waals surface area contributed by atoms with Gasteiger partial charge in [-0.1, -0.05) is 52.7 Å². The van der Waals surface area contributed by atoms with Crippen LogP contribution in [0.1, 0.15) is 12.6 Å². The summed E-state index contributed by atoms with van der Waals surface area (Å²) in [6.45, 7) is 0. The zero-order chi connectivity index (χ0) is 20.9. The first kappa shape index (κ1) is 24.7. The van der Waals surface area contributed by atoms with Crippen LogP contribution in [0, 0.1) is 0 Å². The molecule has 0 radical (unpaired) electrons. The molecule has 2 aromatic carbocycles. The second-order valence-corrected chi connectivity index (χ2v) is 7.80. The van der Waals surface area contributed by atoms with Crippen LogP contribution in [0.15, 0.2) is 56.4 Å². The third kappa shape index (κ3) is 6.05. The van der Waals surface area contributed by atoms with Crippen molar-refractivity contribution in [1.82, 2.24) is 0 Å². The fourth-order valence-corrected chi connectivity index (χ4v) is 3.79.